The molecule has 0 bridgehead atoms. The molecule has 1 N–H and O–H groups in total. The van der Waals surface area contributed by atoms with Gasteiger partial charge in [-0.25, -0.2) is 9.69 Å². The number of nitrogens with one attached hydrogen (secondary N) is 1. The first-order valence-corrected chi connectivity index (χ1v) is 13.2. The number of non-ortho nitro benzene ring substituents is 1. The number of hydrogen-bond acceptors (Lipinski definition) is 8. The molecule has 3 aromatic rings. The number of ether oxygens (including phenoxy) is 3. The highest BCUT2D eigenvalue weighted by Crippen LogP contribution is 2.36. The second-order valence-electron chi connectivity index (χ2n) is 8.55. The molecule has 0 aliphatic carbocycles. The van der Waals surface area contributed by atoms with Crippen molar-refractivity contribution in [2.24, 2.45) is 0 Å². The van der Waals surface area contributed by atoms with Crippen LogP contribution in [0.25, 0.3) is 6.08 Å². The maximum absolute atomic E-state index is 13.3. The zero-order valence-corrected chi connectivity index (χ0v) is 23.7. The van der Waals surface area contributed by atoms with E-state index in [0.29, 0.717) is 38.6 Å². The Bertz CT molecular complexity index is 1500. The molecule has 0 aromatic heterocycles. The molecule has 0 spiro atoms. The molecule has 11 nitrogen and oxygen atoms in total. The first kappa shape index (κ1) is 28.5. The van der Waals surface area contributed by atoms with Crippen LogP contribution in [0.2, 0.25) is 0 Å². The molecule has 206 valence electrons. The van der Waals surface area contributed by atoms with Crippen LogP contribution in [0.1, 0.15) is 24.5 Å². The normalized spacial score (nSPS) is 14.2. The van der Waals surface area contributed by atoms with E-state index in [4.69, 9.17) is 14.2 Å². The number of urea groups is 1. The van der Waals surface area contributed by atoms with Gasteiger partial charge in [0.2, 0.25) is 0 Å². The second-order valence-corrected chi connectivity index (χ2v) is 9.71. The van der Waals surface area contributed by atoms with Gasteiger partial charge in [-0.05, 0) is 82.6 Å². The summed E-state index contributed by atoms with van der Waals surface area (Å²) in [5.41, 5.74) is 1.04. The minimum Gasteiger partial charge on any atom is -0.494 e. The van der Waals surface area contributed by atoms with Crippen LogP contribution in [0.5, 0.6) is 17.2 Å². The Labute approximate surface area is 243 Å². The summed E-state index contributed by atoms with van der Waals surface area (Å²) in [5.74, 6) is -0.302. The highest BCUT2D eigenvalue weighted by atomic mass is 127. The van der Waals surface area contributed by atoms with E-state index in [2.05, 4.69) is 5.32 Å². The van der Waals surface area contributed by atoms with Crippen molar-refractivity contribution < 1.29 is 33.5 Å². The fraction of sp³-hybridized carbons (Fsp3) is 0.179. The zero-order valence-electron chi connectivity index (χ0n) is 21.5. The molecule has 4 amide bonds. The van der Waals surface area contributed by atoms with Crippen LogP contribution in [-0.4, -0.2) is 36.5 Å². The summed E-state index contributed by atoms with van der Waals surface area (Å²) in [5, 5.41) is 13.3. The van der Waals surface area contributed by atoms with E-state index in [-0.39, 0.29) is 23.6 Å². The van der Waals surface area contributed by atoms with E-state index in [1.54, 1.807) is 48.5 Å². The average Bonchev–Trinajstić information content (AvgIpc) is 2.94. The number of halogens is 1. The largest absolute Gasteiger partial charge is 0.494 e. The number of amides is 4. The Morgan fingerprint density at radius 1 is 1.05 bits per heavy atom. The number of barbiturate groups is 1. The molecule has 1 aliphatic rings. The maximum Gasteiger partial charge on any atom is 0.335 e. The number of imide groups is 2. The monoisotopic (exact) mass is 657 g/mol. The van der Waals surface area contributed by atoms with E-state index < -0.39 is 22.8 Å². The smallest absolute Gasteiger partial charge is 0.335 e. The molecular formula is C28H24IN3O8. The third-order valence-corrected chi connectivity index (χ3v) is 6.54. The van der Waals surface area contributed by atoms with Gasteiger partial charge >= 0.3 is 6.03 Å². The lowest BCUT2D eigenvalue weighted by Crippen LogP contribution is -2.54. The van der Waals surface area contributed by atoms with Crippen molar-refractivity contribution in [2.45, 2.75) is 20.0 Å². The molecule has 0 atom stereocenters. The zero-order chi connectivity index (χ0) is 28.8. The Morgan fingerprint density at radius 3 is 2.48 bits per heavy atom. The maximum atomic E-state index is 13.3. The molecule has 3 aromatic carbocycles. The molecule has 1 saturated heterocycles. The average molecular weight is 657 g/mol. The van der Waals surface area contributed by atoms with Crippen LogP contribution in [0.4, 0.5) is 16.2 Å². The molecule has 1 fully saturated rings. The molecule has 12 heteroatoms. The number of nitro groups is 1. The number of carbonyl (C=O) groups is 3. The number of carbonyl (C=O) groups excluding carboxylic acids is 3. The summed E-state index contributed by atoms with van der Waals surface area (Å²) in [7, 11) is 1.44. The summed E-state index contributed by atoms with van der Waals surface area (Å²) in [6, 6.07) is 14.9. The lowest BCUT2D eigenvalue weighted by molar-refractivity contribution is -0.384. The standard InChI is InChI=1S/C28H24IN3O8/c1-3-11-39-21-9-7-19(8-10-21)31-27(34)22(26(33)30-28(31)35)13-18-14-23(29)25(24(15-18)38-2)40-16-17-5-4-6-20(12-17)32(36)37/h4-10,12-15H,3,11,16H2,1-2H3,(H,30,33,35)/b22-13-. The van der Waals surface area contributed by atoms with Crippen LogP contribution in [0, 0.1) is 13.7 Å². The molecule has 40 heavy (non-hydrogen) atoms. The van der Waals surface area contributed by atoms with Gasteiger partial charge < -0.3 is 14.2 Å². The molecule has 0 saturated carbocycles. The van der Waals surface area contributed by atoms with Crippen LogP contribution < -0.4 is 24.4 Å². The molecule has 0 unspecified atom stereocenters. The van der Waals surface area contributed by atoms with Gasteiger partial charge in [0.05, 0.1) is 27.9 Å². The quantitative estimate of drug-likeness (QED) is 0.103. The number of hydrogen-bond donors (Lipinski definition) is 1. The Kier molecular flexibility index (Phi) is 8.99. The van der Waals surface area contributed by atoms with Gasteiger partial charge in [-0.15, -0.1) is 0 Å². The first-order valence-electron chi connectivity index (χ1n) is 12.1. The van der Waals surface area contributed by atoms with E-state index in [1.807, 2.05) is 29.5 Å². The lowest BCUT2D eigenvalue weighted by Gasteiger charge is -2.26. The topological polar surface area (TPSA) is 137 Å². The predicted octanol–water partition coefficient (Wildman–Crippen LogP) is 5.24. The van der Waals surface area contributed by atoms with Crippen molar-refractivity contribution >= 4 is 57.9 Å². The van der Waals surface area contributed by atoms with Crippen LogP contribution in [0.15, 0.2) is 66.2 Å². The van der Waals surface area contributed by atoms with Crippen molar-refractivity contribution in [1.29, 1.82) is 0 Å². The number of benzene rings is 3. The third-order valence-electron chi connectivity index (χ3n) is 5.74. The summed E-state index contributed by atoms with van der Waals surface area (Å²) in [6.45, 7) is 2.56. The van der Waals surface area contributed by atoms with Crippen molar-refractivity contribution in [3.8, 4) is 17.2 Å². The van der Waals surface area contributed by atoms with E-state index >= 15 is 0 Å². The van der Waals surface area contributed by atoms with Gasteiger partial charge in [0.25, 0.3) is 17.5 Å². The number of nitrogens with zero attached hydrogens (tertiary/aromatic N) is 2. The van der Waals surface area contributed by atoms with Crippen LogP contribution in [-0.2, 0) is 16.2 Å². The summed E-state index contributed by atoms with van der Waals surface area (Å²) in [4.78, 5) is 49.9. The minimum atomic E-state index is -0.855. The first-order chi connectivity index (χ1) is 19.2. The summed E-state index contributed by atoms with van der Waals surface area (Å²) in [6.07, 6.45) is 2.20. The van der Waals surface area contributed by atoms with Crippen molar-refractivity contribution in [3.63, 3.8) is 0 Å². The number of nitro benzene ring substituents is 1. The van der Waals surface area contributed by atoms with E-state index in [1.165, 1.54) is 25.3 Å². The van der Waals surface area contributed by atoms with Crippen molar-refractivity contribution in [3.05, 3.63) is 91.0 Å². The number of methoxy groups -OCH3 is 1. The summed E-state index contributed by atoms with van der Waals surface area (Å²) < 4.78 is 17.5. The van der Waals surface area contributed by atoms with Gasteiger partial charge in [-0.3, -0.25) is 25.0 Å². The Hall–Kier alpha value is -4.46. The molecule has 4 rings (SSSR count). The van der Waals surface area contributed by atoms with Crippen LogP contribution >= 0.6 is 22.6 Å². The van der Waals surface area contributed by atoms with Crippen molar-refractivity contribution in [2.75, 3.05) is 18.6 Å². The summed E-state index contributed by atoms with van der Waals surface area (Å²) >= 11 is 2.02. The SMILES string of the molecule is CCCOc1ccc(N2C(=O)NC(=O)/C(=C/c3cc(I)c(OCc4cccc([N+](=O)[O-])c4)c(OC)c3)C2=O)cc1. The van der Waals surface area contributed by atoms with Gasteiger partial charge in [-0.1, -0.05) is 19.1 Å². The fourth-order valence-corrected chi connectivity index (χ4v) is 4.63. The molecule has 0 radical (unpaired) electrons. The van der Waals surface area contributed by atoms with Crippen LogP contribution in [0.3, 0.4) is 0 Å². The lowest BCUT2D eigenvalue weighted by atomic mass is 10.1. The Morgan fingerprint density at radius 2 is 1.80 bits per heavy atom. The van der Waals surface area contributed by atoms with Gasteiger partial charge in [0.1, 0.15) is 17.9 Å². The van der Waals surface area contributed by atoms with E-state index in [9.17, 15) is 24.5 Å². The molecule has 1 heterocycles. The van der Waals surface area contributed by atoms with Gasteiger partial charge in [-0.2, -0.15) is 0 Å². The van der Waals surface area contributed by atoms with E-state index in [0.717, 1.165) is 11.3 Å². The van der Waals surface area contributed by atoms with Crippen molar-refractivity contribution in [1.82, 2.24) is 5.32 Å². The Balaban J connectivity index is 1.59. The highest BCUT2D eigenvalue weighted by Gasteiger charge is 2.37. The predicted molar refractivity (Wildman–Crippen MR) is 154 cm³/mol. The van der Waals surface area contributed by atoms with Gasteiger partial charge in [0.15, 0.2) is 11.5 Å². The minimum absolute atomic E-state index is 0.0477. The third kappa shape index (κ3) is 6.39. The fourth-order valence-electron chi connectivity index (χ4n) is 3.85. The number of anilines is 1. The molecule has 1 aliphatic heterocycles. The number of rotatable bonds is 10. The van der Waals surface area contributed by atoms with Gasteiger partial charge in [0, 0.05) is 12.1 Å². The molecular weight excluding hydrogens is 633 g/mol. The second kappa shape index (κ2) is 12.6. The highest BCUT2D eigenvalue weighted by molar-refractivity contribution is 14.1.